The van der Waals surface area contributed by atoms with E-state index in [0.29, 0.717) is 24.9 Å². The lowest BCUT2D eigenvalue weighted by Crippen LogP contribution is -2.41. The first-order chi connectivity index (χ1) is 9.41. The molecule has 0 N–H and O–H groups in total. The summed E-state index contributed by atoms with van der Waals surface area (Å²) in [7, 11) is 0. The Balaban J connectivity index is 2.27. The lowest BCUT2D eigenvalue weighted by Gasteiger charge is -2.23. The van der Waals surface area contributed by atoms with E-state index in [9.17, 15) is 14.4 Å². The van der Waals surface area contributed by atoms with Crippen LogP contribution in [0.5, 0.6) is 0 Å². The van der Waals surface area contributed by atoms with Crippen LogP contribution in [0.15, 0.2) is 25.6 Å². The molecule has 0 atom stereocenters. The monoisotopic (exact) mass is 467 g/mol. The van der Waals surface area contributed by atoms with Gasteiger partial charge in [0.25, 0.3) is 11.8 Å². The van der Waals surface area contributed by atoms with Gasteiger partial charge >= 0.3 is 5.97 Å². The van der Waals surface area contributed by atoms with Crippen molar-refractivity contribution in [1.29, 1.82) is 0 Å². The molecule has 1 aromatic rings. The average Bonchev–Trinajstić information content (AvgIpc) is 2.39. The van der Waals surface area contributed by atoms with E-state index in [1.54, 1.807) is 12.1 Å². The number of imide groups is 1. The smallest absolute Gasteiger partial charge is 0.325 e. The molecule has 0 bridgehead atoms. The van der Waals surface area contributed by atoms with Crippen molar-refractivity contribution in [2.24, 2.45) is 0 Å². The molecule has 0 radical (unpaired) electrons. The standard InChI is InChI=1S/C12H8Br3NO4/c13-6-4-5-7(14)11(15)10(6)12(19)20-16-8(17)2-1-3-9(16)18/h4-5H,1-3H2. The van der Waals surface area contributed by atoms with Crippen LogP contribution in [-0.2, 0) is 14.4 Å². The molecule has 106 valence electrons. The molecule has 1 saturated heterocycles. The normalized spacial score (nSPS) is 15.4. The summed E-state index contributed by atoms with van der Waals surface area (Å²) < 4.78 is 1.63. The summed E-state index contributed by atoms with van der Waals surface area (Å²) in [6, 6.07) is 3.40. The third kappa shape index (κ3) is 3.12. The topological polar surface area (TPSA) is 63.7 Å². The number of hydroxylamine groups is 2. The van der Waals surface area contributed by atoms with Crippen molar-refractivity contribution in [2.45, 2.75) is 19.3 Å². The Morgan fingerprint density at radius 3 is 2.20 bits per heavy atom. The van der Waals surface area contributed by atoms with Crippen molar-refractivity contribution in [3.05, 3.63) is 31.1 Å². The highest BCUT2D eigenvalue weighted by Crippen LogP contribution is 2.33. The average molecular weight is 470 g/mol. The van der Waals surface area contributed by atoms with Crippen LogP contribution in [0.2, 0.25) is 0 Å². The Kier molecular flexibility index (Phi) is 4.98. The van der Waals surface area contributed by atoms with Crippen LogP contribution in [-0.4, -0.2) is 22.8 Å². The zero-order valence-electron chi connectivity index (χ0n) is 9.99. The van der Waals surface area contributed by atoms with Gasteiger partial charge in [-0.2, -0.15) is 0 Å². The van der Waals surface area contributed by atoms with Gasteiger partial charge in [-0.25, -0.2) is 4.79 Å². The van der Waals surface area contributed by atoms with Gasteiger partial charge in [-0.1, -0.05) is 0 Å². The van der Waals surface area contributed by atoms with Crippen molar-refractivity contribution >= 4 is 65.6 Å². The molecule has 0 saturated carbocycles. The summed E-state index contributed by atoms with van der Waals surface area (Å²) in [5.41, 5.74) is 0.200. The molecule has 8 heteroatoms. The second kappa shape index (κ2) is 6.36. The van der Waals surface area contributed by atoms with Gasteiger partial charge in [-0.05, 0) is 66.3 Å². The number of nitrogens with zero attached hydrogens (tertiary/aromatic N) is 1. The minimum Gasteiger partial charge on any atom is -0.325 e. The molecular formula is C12H8Br3NO4. The molecular weight excluding hydrogens is 462 g/mol. The van der Waals surface area contributed by atoms with Gasteiger partial charge in [0.05, 0.1) is 5.56 Å². The van der Waals surface area contributed by atoms with E-state index in [1.165, 1.54) is 0 Å². The van der Waals surface area contributed by atoms with E-state index in [1.807, 2.05) is 0 Å². The van der Waals surface area contributed by atoms with Crippen LogP contribution in [0.4, 0.5) is 0 Å². The summed E-state index contributed by atoms with van der Waals surface area (Å²) >= 11 is 9.77. The van der Waals surface area contributed by atoms with Crippen molar-refractivity contribution in [3.8, 4) is 0 Å². The van der Waals surface area contributed by atoms with Gasteiger partial charge in [0, 0.05) is 26.3 Å². The van der Waals surface area contributed by atoms with Crippen LogP contribution in [0, 0.1) is 0 Å². The maximum Gasteiger partial charge on any atom is 0.366 e. The van der Waals surface area contributed by atoms with Gasteiger partial charge in [-0.3, -0.25) is 9.59 Å². The molecule has 0 aliphatic carbocycles. The predicted octanol–water partition coefficient (Wildman–Crippen LogP) is 3.59. The van der Waals surface area contributed by atoms with E-state index in [4.69, 9.17) is 4.84 Å². The first kappa shape index (κ1) is 15.7. The highest BCUT2D eigenvalue weighted by molar-refractivity contribution is 9.13. The Labute approximate surface area is 140 Å². The molecule has 1 aliphatic rings. The van der Waals surface area contributed by atoms with Crippen molar-refractivity contribution in [1.82, 2.24) is 5.06 Å². The summed E-state index contributed by atoms with van der Waals surface area (Å²) in [5, 5.41) is 0.547. The molecule has 0 aromatic heterocycles. The number of hydrogen-bond donors (Lipinski definition) is 0. The summed E-state index contributed by atoms with van der Waals surface area (Å²) in [6.45, 7) is 0. The van der Waals surface area contributed by atoms with Gasteiger partial charge in [0.1, 0.15) is 0 Å². The van der Waals surface area contributed by atoms with Gasteiger partial charge in [0.2, 0.25) is 0 Å². The molecule has 5 nitrogen and oxygen atoms in total. The Bertz CT molecular complexity index is 587. The first-order valence-corrected chi connectivity index (χ1v) is 8.01. The maximum absolute atomic E-state index is 12.1. The first-order valence-electron chi connectivity index (χ1n) is 5.63. The molecule has 20 heavy (non-hydrogen) atoms. The Morgan fingerprint density at radius 2 is 1.60 bits per heavy atom. The quantitative estimate of drug-likeness (QED) is 0.490. The molecule has 1 heterocycles. The number of hydrogen-bond acceptors (Lipinski definition) is 4. The van der Waals surface area contributed by atoms with Crippen LogP contribution in [0.1, 0.15) is 29.6 Å². The van der Waals surface area contributed by atoms with Crippen molar-refractivity contribution in [2.75, 3.05) is 0 Å². The lowest BCUT2D eigenvalue weighted by atomic mass is 10.1. The Morgan fingerprint density at radius 1 is 1.05 bits per heavy atom. The number of benzene rings is 1. The minimum absolute atomic E-state index is 0.194. The van der Waals surface area contributed by atoms with E-state index in [2.05, 4.69) is 47.8 Å². The van der Waals surface area contributed by atoms with E-state index < -0.39 is 17.8 Å². The second-order valence-corrected chi connectivity index (χ2v) is 6.53. The highest BCUT2D eigenvalue weighted by Gasteiger charge is 2.31. The Hall–Kier alpha value is -0.730. The summed E-state index contributed by atoms with van der Waals surface area (Å²) in [4.78, 5) is 40.3. The van der Waals surface area contributed by atoms with Crippen LogP contribution in [0.25, 0.3) is 0 Å². The fourth-order valence-electron chi connectivity index (χ4n) is 1.68. The minimum atomic E-state index is -0.784. The molecule has 2 amide bonds. The number of halogens is 3. The zero-order chi connectivity index (χ0) is 14.9. The summed E-state index contributed by atoms with van der Waals surface area (Å²) in [6.07, 6.45) is 0.871. The number of rotatable bonds is 2. The van der Waals surface area contributed by atoms with Crippen molar-refractivity contribution in [3.63, 3.8) is 0 Å². The van der Waals surface area contributed by atoms with Crippen LogP contribution < -0.4 is 0 Å². The third-order valence-electron chi connectivity index (χ3n) is 2.66. The van der Waals surface area contributed by atoms with Crippen LogP contribution in [0.3, 0.4) is 0 Å². The SMILES string of the molecule is O=C(ON1C(=O)CCCC1=O)c1c(Br)ccc(Br)c1Br. The fraction of sp³-hybridized carbons (Fsp3) is 0.250. The van der Waals surface area contributed by atoms with Gasteiger partial charge in [-0.15, -0.1) is 5.06 Å². The number of amides is 2. The summed E-state index contributed by atoms with van der Waals surface area (Å²) in [5.74, 6) is -1.79. The number of carbonyl (C=O) groups is 3. The maximum atomic E-state index is 12.1. The fourth-order valence-corrected chi connectivity index (χ4v) is 3.27. The second-order valence-electron chi connectivity index (χ2n) is 4.03. The van der Waals surface area contributed by atoms with E-state index >= 15 is 0 Å². The van der Waals surface area contributed by atoms with Gasteiger partial charge in [0.15, 0.2) is 0 Å². The van der Waals surface area contributed by atoms with Gasteiger partial charge < -0.3 is 4.84 Å². The highest BCUT2D eigenvalue weighted by atomic mass is 79.9. The predicted molar refractivity (Wildman–Crippen MR) is 80.7 cm³/mol. The molecule has 1 fully saturated rings. The number of carbonyl (C=O) groups excluding carboxylic acids is 3. The molecule has 0 unspecified atom stereocenters. The van der Waals surface area contributed by atoms with Crippen molar-refractivity contribution < 1.29 is 19.2 Å². The number of piperidine rings is 1. The lowest BCUT2D eigenvalue weighted by molar-refractivity contribution is -0.184. The molecule has 2 rings (SSSR count). The van der Waals surface area contributed by atoms with E-state index in [0.717, 1.165) is 0 Å². The largest absolute Gasteiger partial charge is 0.366 e. The molecule has 1 aliphatic heterocycles. The third-order valence-corrected chi connectivity index (χ3v) is 5.33. The zero-order valence-corrected chi connectivity index (χ0v) is 14.7. The van der Waals surface area contributed by atoms with Crippen LogP contribution >= 0.6 is 47.8 Å². The molecule has 1 aromatic carbocycles. The van der Waals surface area contributed by atoms with E-state index in [-0.39, 0.29) is 18.4 Å². The molecule has 0 spiro atoms.